The summed E-state index contributed by atoms with van der Waals surface area (Å²) in [6.45, 7) is 3.40. The molecule has 0 radical (unpaired) electrons. The van der Waals surface area contributed by atoms with E-state index in [0.717, 1.165) is 12.8 Å². The van der Waals surface area contributed by atoms with E-state index >= 15 is 0 Å². The number of nitrogens with one attached hydrogen (secondary N) is 1. The molecule has 78 valence electrons. The molecule has 3 heteroatoms. The minimum absolute atomic E-state index is 0.227. The molecule has 0 fully saturated rings. The van der Waals surface area contributed by atoms with Gasteiger partial charge in [0.1, 0.15) is 0 Å². The van der Waals surface area contributed by atoms with Gasteiger partial charge in [0.25, 0.3) is 0 Å². The van der Waals surface area contributed by atoms with E-state index in [4.69, 9.17) is 11.6 Å². The summed E-state index contributed by atoms with van der Waals surface area (Å²) in [6.07, 6.45) is 4.57. The molecule has 1 N–H and O–H groups in total. The van der Waals surface area contributed by atoms with Crippen LogP contribution in [0, 0.1) is 0 Å². The van der Waals surface area contributed by atoms with Crippen molar-refractivity contribution in [1.29, 1.82) is 0 Å². The lowest BCUT2D eigenvalue weighted by Crippen LogP contribution is -2.08. The largest absolute Gasteiger partial charge is 0.321 e. The first-order valence-electron chi connectivity index (χ1n) is 4.95. The molecule has 1 aliphatic rings. The van der Waals surface area contributed by atoms with Gasteiger partial charge in [-0.1, -0.05) is 18.2 Å². The Kier molecular flexibility index (Phi) is 2.78. The molecule has 0 saturated heterocycles. The zero-order valence-corrected chi connectivity index (χ0v) is 9.10. The second-order valence-electron chi connectivity index (χ2n) is 3.65. The van der Waals surface area contributed by atoms with Crippen LogP contribution < -0.4 is 5.32 Å². The number of amides is 1. The SMILES string of the molecule is C=CC(=O)Nc1cc2c(cc1Cl)CCC2. The summed E-state index contributed by atoms with van der Waals surface area (Å²) in [4.78, 5) is 11.1. The molecule has 1 aliphatic carbocycles. The van der Waals surface area contributed by atoms with Crippen molar-refractivity contribution >= 4 is 23.2 Å². The summed E-state index contributed by atoms with van der Waals surface area (Å²) >= 11 is 6.06. The van der Waals surface area contributed by atoms with Crippen LogP contribution in [0.3, 0.4) is 0 Å². The molecule has 0 aliphatic heterocycles. The molecule has 2 rings (SSSR count). The van der Waals surface area contributed by atoms with Crippen LogP contribution in [0.15, 0.2) is 24.8 Å². The molecule has 1 aromatic rings. The van der Waals surface area contributed by atoms with Gasteiger partial charge in [0.15, 0.2) is 0 Å². The van der Waals surface area contributed by atoms with E-state index in [2.05, 4.69) is 11.9 Å². The Morgan fingerprint density at radius 2 is 2.07 bits per heavy atom. The Balaban J connectivity index is 2.32. The summed E-state index contributed by atoms with van der Waals surface area (Å²) in [5.74, 6) is -0.227. The fourth-order valence-electron chi connectivity index (χ4n) is 1.87. The minimum atomic E-state index is -0.227. The van der Waals surface area contributed by atoms with Crippen molar-refractivity contribution in [2.45, 2.75) is 19.3 Å². The Morgan fingerprint density at radius 1 is 1.40 bits per heavy atom. The zero-order chi connectivity index (χ0) is 10.8. The quantitative estimate of drug-likeness (QED) is 0.765. The van der Waals surface area contributed by atoms with Gasteiger partial charge in [0.05, 0.1) is 10.7 Å². The lowest BCUT2D eigenvalue weighted by atomic mass is 10.1. The van der Waals surface area contributed by atoms with Crippen LogP contribution in [-0.4, -0.2) is 5.91 Å². The van der Waals surface area contributed by atoms with E-state index in [9.17, 15) is 4.79 Å². The van der Waals surface area contributed by atoms with Gasteiger partial charge in [0, 0.05) is 0 Å². The van der Waals surface area contributed by atoms with Crippen LogP contribution in [0.5, 0.6) is 0 Å². The Labute approximate surface area is 93.9 Å². The van der Waals surface area contributed by atoms with Gasteiger partial charge in [-0.3, -0.25) is 4.79 Å². The highest BCUT2D eigenvalue weighted by Crippen LogP contribution is 2.31. The van der Waals surface area contributed by atoms with Gasteiger partial charge in [-0.2, -0.15) is 0 Å². The smallest absolute Gasteiger partial charge is 0.247 e. The third-order valence-electron chi connectivity index (χ3n) is 2.62. The van der Waals surface area contributed by atoms with E-state index in [0.29, 0.717) is 10.7 Å². The Morgan fingerprint density at radius 3 is 2.73 bits per heavy atom. The van der Waals surface area contributed by atoms with Crippen molar-refractivity contribution in [2.75, 3.05) is 5.32 Å². The van der Waals surface area contributed by atoms with Crippen LogP contribution in [0.2, 0.25) is 5.02 Å². The maximum Gasteiger partial charge on any atom is 0.247 e. The number of carbonyl (C=O) groups is 1. The third-order valence-corrected chi connectivity index (χ3v) is 2.94. The number of carbonyl (C=O) groups excluding carboxylic acids is 1. The molecule has 0 saturated carbocycles. The third kappa shape index (κ3) is 2.05. The summed E-state index contributed by atoms with van der Waals surface area (Å²) in [7, 11) is 0. The summed E-state index contributed by atoms with van der Waals surface area (Å²) in [5, 5.41) is 3.30. The Bertz CT molecular complexity index is 426. The number of halogens is 1. The molecular formula is C12H12ClNO. The van der Waals surface area contributed by atoms with E-state index in [1.165, 1.54) is 23.6 Å². The molecule has 1 aromatic carbocycles. The first-order chi connectivity index (χ1) is 7.20. The number of hydrogen-bond donors (Lipinski definition) is 1. The molecule has 1 amide bonds. The zero-order valence-electron chi connectivity index (χ0n) is 8.35. The van der Waals surface area contributed by atoms with Gasteiger partial charge in [-0.05, 0) is 48.6 Å². The number of fused-ring (bicyclic) bond motifs is 1. The lowest BCUT2D eigenvalue weighted by Gasteiger charge is -2.08. The number of anilines is 1. The van der Waals surface area contributed by atoms with Crippen molar-refractivity contribution in [3.63, 3.8) is 0 Å². The average molecular weight is 222 g/mol. The van der Waals surface area contributed by atoms with Crippen LogP contribution in [0.1, 0.15) is 17.5 Å². The number of benzene rings is 1. The van der Waals surface area contributed by atoms with Crippen molar-refractivity contribution in [2.24, 2.45) is 0 Å². The second kappa shape index (κ2) is 4.07. The fraction of sp³-hybridized carbons (Fsp3) is 0.250. The van der Waals surface area contributed by atoms with Crippen LogP contribution in [-0.2, 0) is 17.6 Å². The summed E-state index contributed by atoms with van der Waals surface area (Å²) in [5.41, 5.74) is 3.28. The first kappa shape index (κ1) is 10.2. The predicted molar refractivity (Wildman–Crippen MR) is 62.3 cm³/mol. The van der Waals surface area contributed by atoms with E-state index in [-0.39, 0.29) is 5.91 Å². The number of aryl methyl sites for hydroxylation is 2. The molecule has 0 spiro atoms. The van der Waals surface area contributed by atoms with Crippen molar-refractivity contribution in [3.8, 4) is 0 Å². The number of hydrogen-bond acceptors (Lipinski definition) is 1. The highest BCUT2D eigenvalue weighted by Gasteiger charge is 2.14. The van der Waals surface area contributed by atoms with Crippen molar-refractivity contribution < 1.29 is 4.79 Å². The highest BCUT2D eigenvalue weighted by molar-refractivity contribution is 6.34. The average Bonchev–Trinajstić information content (AvgIpc) is 2.65. The van der Waals surface area contributed by atoms with Crippen LogP contribution >= 0.6 is 11.6 Å². The van der Waals surface area contributed by atoms with Crippen LogP contribution in [0.4, 0.5) is 5.69 Å². The normalized spacial score (nSPS) is 13.4. The van der Waals surface area contributed by atoms with E-state index in [1.807, 2.05) is 12.1 Å². The Hall–Kier alpha value is -1.28. The summed E-state index contributed by atoms with van der Waals surface area (Å²) < 4.78 is 0. The van der Waals surface area contributed by atoms with Gasteiger partial charge in [-0.15, -0.1) is 0 Å². The molecule has 0 unspecified atom stereocenters. The molecule has 15 heavy (non-hydrogen) atoms. The monoisotopic (exact) mass is 221 g/mol. The van der Waals surface area contributed by atoms with Crippen LogP contribution in [0.25, 0.3) is 0 Å². The molecule has 2 nitrogen and oxygen atoms in total. The lowest BCUT2D eigenvalue weighted by molar-refractivity contribution is -0.111. The standard InChI is InChI=1S/C12H12ClNO/c1-2-12(15)14-11-7-9-5-3-4-8(9)6-10(11)13/h2,6-7H,1,3-5H2,(H,14,15). The second-order valence-corrected chi connectivity index (χ2v) is 4.05. The van der Waals surface area contributed by atoms with Gasteiger partial charge in [0.2, 0.25) is 5.91 Å². The molecule has 0 aromatic heterocycles. The predicted octanol–water partition coefficient (Wildman–Crippen LogP) is 2.95. The molecule has 0 bridgehead atoms. The maximum atomic E-state index is 11.1. The van der Waals surface area contributed by atoms with E-state index < -0.39 is 0 Å². The molecule has 0 heterocycles. The fourth-order valence-corrected chi connectivity index (χ4v) is 2.11. The van der Waals surface area contributed by atoms with Gasteiger partial charge >= 0.3 is 0 Å². The van der Waals surface area contributed by atoms with Crippen molar-refractivity contribution in [3.05, 3.63) is 40.9 Å². The molecular weight excluding hydrogens is 210 g/mol. The summed E-state index contributed by atoms with van der Waals surface area (Å²) in [6, 6.07) is 3.91. The number of rotatable bonds is 2. The first-order valence-corrected chi connectivity index (χ1v) is 5.33. The van der Waals surface area contributed by atoms with Gasteiger partial charge < -0.3 is 5.32 Å². The van der Waals surface area contributed by atoms with Crippen molar-refractivity contribution in [1.82, 2.24) is 0 Å². The van der Waals surface area contributed by atoms with E-state index in [1.54, 1.807) is 0 Å². The minimum Gasteiger partial charge on any atom is -0.321 e. The molecule has 0 atom stereocenters. The highest BCUT2D eigenvalue weighted by atomic mass is 35.5. The maximum absolute atomic E-state index is 11.1. The van der Waals surface area contributed by atoms with Gasteiger partial charge in [-0.25, -0.2) is 0 Å². The topological polar surface area (TPSA) is 29.1 Å².